The second-order valence-corrected chi connectivity index (χ2v) is 6.83. The van der Waals surface area contributed by atoms with E-state index in [-0.39, 0.29) is 0 Å². The van der Waals surface area contributed by atoms with Gasteiger partial charge in [0.25, 0.3) is 0 Å². The Labute approximate surface area is 147 Å². The van der Waals surface area contributed by atoms with Gasteiger partial charge in [0.1, 0.15) is 19.0 Å². The van der Waals surface area contributed by atoms with Gasteiger partial charge in [0.2, 0.25) is 0 Å². The number of hydrogen-bond donors (Lipinski definition) is 1. The van der Waals surface area contributed by atoms with Crippen LogP contribution in [0.15, 0.2) is 36.4 Å². The van der Waals surface area contributed by atoms with Crippen LogP contribution < -0.4 is 15.2 Å². The van der Waals surface area contributed by atoms with Crippen molar-refractivity contribution in [3.8, 4) is 22.9 Å². The molecule has 5 nitrogen and oxygen atoms in total. The number of hydrogen-bond acceptors (Lipinski definition) is 4. The second kappa shape index (κ2) is 6.41. The molecule has 0 aliphatic carbocycles. The molecule has 0 saturated carbocycles. The monoisotopic (exact) mass is 337 g/mol. The zero-order valence-corrected chi connectivity index (χ0v) is 14.7. The number of rotatable bonds is 4. The maximum Gasteiger partial charge on any atom is 0.163 e. The van der Waals surface area contributed by atoms with E-state index in [1.807, 2.05) is 6.07 Å². The van der Waals surface area contributed by atoms with Crippen molar-refractivity contribution in [2.45, 2.75) is 26.9 Å². The fraction of sp³-hybridized carbons (Fsp3) is 0.350. The standard InChI is InChI=1S/C20H23N3O2/c1-13(2)12-23-17-10-19-18(24-7-8-25-19)9-16(17)22-20(23)15-5-3-14(11-21)4-6-15/h3-6,9-10,13H,7-8,11-12,21H2,1-2H3. The molecule has 1 aromatic heterocycles. The van der Waals surface area contributed by atoms with Gasteiger partial charge in [-0.15, -0.1) is 0 Å². The molecule has 1 aliphatic rings. The molecule has 4 rings (SSSR count). The summed E-state index contributed by atoms with van der Waals surface area (Å²) in [5.74, 6) is 3.05. The molecule has 2 N–H and O–H groups in total. The van der Waals surface area contributed by atoms with E-state index < -0.39 is 0 Å². The van der Waals surface area contributed by atoms with Gasteiger partial charge in [-0.05, 0) is 11.5 Å². The van der Waals surface area contributed by atoms with Crippen molar-refractivity contribution >= 4 is 11.0 Å². The highest BCUT2D eigenvalue weighted by Gasteiger charge is 2.19. The largest absolute Gasteiger partial charge is 0.486 e. The van der Waals surface area contributed by atoms with Crippen molar-refractivity contribution < 1.29 is 9.47 Å². The maximum atomic E-state index is 5.76. The summed E-state index contributed by atoms with van der Waals surface area (Å²) >= 11 is 0. The van der Waals surface area contributed by atoms with Crippen molar-refractivity contribution in [2.24, 2.45) is 11.7 Å². The molecule has 2 heterocycles. The summed E-state index contributed by atoms with van der Waals surface area (Å²) in [6, 6.07) is 12.3. The zero-order chi connectivity index (χ0) is 17.4. The molecule has 0 amide bonds. The van der Waals surface area contributed by atoms with Crippen molar-refractivity contribution in [1.29, 1.82) is 0 Å². The third-order valence-electron chi connectivity index (χ3n) is 4.41. The molecule has 5 heteroatoms. The Bertz CT molecular complexity index is 897. The quantitative estimate of drug-likeness (QED) is 0.790. The SMILES string of the molecule is CC(C)Cn1c(-c2ccc(CN)cc2)nc2cc3c(cc21)OCCO3. The number of nitrogens with zero attached hydrogens (tertiary/aromatic N) is 2. The summed E-state index contributed by atoms with van der Waals surface area (Å²) in [6.45, 7) is 7.04. The van der Waals surface area contributed by atoms with Gasteiger partial charge < -0.3 is 19.8 Å². The van der Waals surface area contributed by atoms with Crippen LogP contribution in [-0.2, 0) is 13.1 Å². The number of imidazole rings is 1. The smallest absolute Gasteiger partial charge is 0.163 e. The van der Waals surface area contributed by atoms with Crippen LogP contribution in [-0.4, -0.2) is 22.8 Å². The van der Waals surface area contributed by atoms with E-state index in [4.69, 9.17) is 20.2 Å². The van der Waals surface area contributed by atoms with Gasteiger partial charge in [0.15, 0.2) is 11.5 Å². The van der Waals surface area contributed by atoms with Crippen molar-refractivity contribution in [3.63, 3.8) is 0 Å². The van der Waals surface area contributed by atoms with Gasteiger partial charge in [-0.2, -0.15) is 0 Å². The first-order valence-electron chi connectivity index (χ1n) is 8.75. The highest BCUT2D eigenvalue weighted by atomic mass is 16.6. The van der Waals surface area contributed by atoms with Gasteiger partial charge in [0, 0.05) is 30.8 Å². The van der Waals surface area contributed by atoms with E-state index in [0.717, 1.165) is 46.0 Å². The van der Waals surface area contributed by atoms with E-state index >= 15 is 0 Å². The van der Waals surface area contributed by atoms with Gasteiger partial charge in [0.05, 0.1) is 11.0 Å². The zero-order valence-electron chi connectivity index (χ0n) is 14.7. The Morgan fingerprint density at radius 3 is 2.40 bits per heavy atom. The van der Waals surface area contributed by atoms with E-state index in [1.54, 1.807) is 0 Å². The Kier molecular flexibility index (Phi) is 4.09. The highest BCUT2D eigenvalue weighted by Crippen LogP contribution is 2.36. The summed E-state index contributed by atoms with van der Waals surface area (Å²) in [6.07, 6.45) is 0. The summed E-state index contributed by atoms with van der Waals surface area (Å²) in [5, 5.41) is 0. The van der Waals surface area contributed by atoms with Gasteiger partial charge >= 0.3 is 0 Å². The highest BCUT2D eigenvalue weighted by molar-refractivity contribution is 5.84. The maximum absolute atomic E-state index is 5.76. The van der Waals surface area contributed by atoms with E-state index in [9.17, 15) is 0 Å². The molecule has 25 heavy (non-hydrogen) atoms. The lowest BCUT2D eigenvalue weighted by molar-refractivity contribution is 0.172. The molecule has 0 atom stereocenters. The van der Waals surface area contributed by atoms with Crippen molar-refractivity contribution in [1.82, 2.24) is 9.55 Å². The van der Waals surface area contributed by atoms with Crippen LogP contribution in [0.1, 0.15) is 19.4 Å². The summed E-state index contributed by atoms with van der Waals surface area (Å²) in [5.41, 5.74) is 9.94. The topological polar surface area (TPSA) is 62.3 Å². The van der Waals surface area contributed by atoms with Crippen LogP contribution in [0.25, 0.3) is 22.4 Å². The van der Waals surface area contributed by atoms with Gasteiger partial charge in [-0.1, -0.05) is 38.1 Å². The fourth-order valence-electron chi connectivity index (χ4n) is 3.22. The molecule has 1 aliphatic heterocycles. The Balaban J connectivity index is 1.89. The summed E-state index contributed by atoms with van der Waals surface area (Å²) in [4.78, 5) is 4.90. The van der Waals surface area contributed by atoms with Crippen LogP contribution in [0, 0.1) is 5.92 Å². The molecule has 0 saturated heterocycles. The normalized spacial score (nSPS) is 13.6. The fourth-order valence-corrected chi connectivity index (χ4v) is 3.22. The Morgan fingerprint density at radius 2 is 1.76 bits per heavy atom. The number of ether oxygens (including phenoxy) is 2. The number of nitrogens with two attached hydrogens (primary N) is 1. The number of fused-ring (bicyclic) bond motifs is 2. The van der Waals surface area contributed by atoms with E-state index in [2.05, 4.69) is 48.7 Å². The van der Waals surface area contributed by atoms with Crippen LogP contribution in [0.2, 0.25) is 0 Å². The Morgan fingerprint density at radius 1 is 1.08 bits per heavy atom. The number of benzene rings is 2. The van der Waals surface area contributed by atoms with Crippen molar-refractivity contribution in [2.75, 3.05) is 13.2 Å². The third kappa shape index (κ3) is 2.96. The molecule has 2 aromatic carbocycles. The van der Waals surface area contributed by atoms with Gasteiger partial charge in [-0.25, -0.2) is 4.98 Å². The minimum absolute atomic E-state index is 0.507. The molecule has 0 spiro atoms. The second-order valence-electron chi connectivity index (χ2n) is 6.83. The molecule has 0 radical (unpaired) electrons. The van der Waals surface area contributed by atoms with Crippen LogP contribution in [0.3, 0.4) is 0 Å². The first kappa shape index (κ1) is 16.0. The third-order valence-corrected chi connectivity index (χ3v) is 4.41. The predicted molar refractivity (Wildman–Crippen MR) is 98.9 cm³/mol. The van der Waals surface area contributed by atoms with Crippen LogP contribution in [0.4, 0.5) is 0 Å². The van der Waals surface area contributed by atoms with E-state index in [1.165, 1.54) is 0 Å². The summed E-state index contributed by atoms with van der Waals surface area (Å²) < 4.78 is 13.7. The molecule has 130 valence electrons. The lowest BCUT2D eigenvalue weighted by Crippen LogP contribution is -2.15. The van der Waals surface area contributed by atoms with Crippen LogP contribution >= 0.6 is 0 Å². The Hall–Kier alpha value is -2.53. The van der Waals surface area contributed by atoms with Crippen molar-refractivity contribution in [3.05, 3.63) is 42.0 Å². The first-order chi connectivity index (χ1) is 12.2. The van der Waals surface area contributed by atoms with Gasteiger partial charge in [-0.3, -0.25) is 0 Å². The lowest BCUT2D eigenvalue weighted by atomic mass is 10.1. The molecule has 0 bridgehead atoms. The minimum atomic E-state index is 0.507. The lowest BCUT2D eigenvalue weighted by Gasteiger charge is -2.18. The average Bonchev–Trinajstić information content (AvgIpc) is 2.97. The first-order valence-corrected chi connectivity index (χ1v) is 8.75. The van der Waals surface area contributed by atoms with E-state index in [0.29, 0.717) is 25.7 Å². The predicted octanol–water partition coefficient (Wildman–Crippen LogP) is 3.59. The summed E-state index contributed by atoms with van der Waals surface area (Å²) in [7, 11) is 0. The average molecular weight is 337 g/mol. The number of aromatic nitrogens is 2. The van der Waals surface area contributed by atoms with Crippen LogP contribution in [0.5, 0.6) is 11.5 Å². The molecule has 3 aromatic rings. The minimum Gasteiger partial charge on any atom is -0.486 e. The molecular formula is C20H23N3O2. The molecular weight excluding hydrogens is 314 g/mol. The molecule has 0 fully saturated rings. The molecule has 0 unspecified atom stereocenters.